The standard InChI is InChI=1S/C21H23N3O/c1-15-5-4-6-19(11-15)21-23-13-17(14-24-21)12-22-16(2)18-7-9-20(25-3)10-8-18/h4-11,13-14,16,22H,12H2,1-3H3/t16-/m1/s1. The van der Waals surface area contributed by atoms with Crippen LogP contribution in [0, 0.1) is 6.92 Å². The summed E-state index contributed by atoms with van der Waals surface area (Å²) >= 11 is 0. The van der Waals surface area contributed by atoms with E-state index in [4.69, 9.17) is 4.74 Å². The Kier molecular flexibility index (Phi) is 5.41. The van der Waals surface area contributed by atoms with Gasteiger partial charge in [-0.15, -0.1) is 0 Å². The first-order valence-corrected chi connectivity index (χ1v) is 8.41. The Morgan fingerprint density at radius 2 is 1.76 bits per heavy atom. The van der Waals surface area contributed by atoms with Crippen LogP contribution in [0.1, 0.15) is 29.7 Å². The van der Waals surface area contributed by atoms with Crippen molar-refractivity contribution >= 4 is 0 Å². The number of methoxy groups -OCH3 is 1. The molecule has 1 N–H and O–H groups in total. The molecule has 128 valence electrons. The van der Waals surface area contributed by atoms with Crippen LogP contribution in [-0.4, -0.2) is 17.1 Å². The molecular weight excluding hydrogens is 310 g/mol. The minimum absolute atomic E-state index is 0.238. The number of nitrogens with zero attached hydrogens (tertiary/aromatic N) is 2. The van der Waals surface area contributed by atoms with Gasteiger partial charge in [0.2, 0.25) is 0 Å². The molecule has 0 saturated carbocycles. The molecule has 2 aromatic carbocycles. The first-order chi connectivity index (χ1) is 12.2. The quantitative estimate of drug-likeness (QED) is 0.730. The average molecular weight is 333 g/mol. The van der Waals surface area contributed by atoms with Crippen LogP contribution in [0.5, 0.6) is 5.75 Å². The van der Waals surface area contributed by atoms with Crippen LogP contribution in [-0.2, 0) is 6.54 Å². The Morgan fingerprint density at radius 1 is 1.04 bits per heavy atom. The van der Waals surface area contributed by atoms with Crippen molar-refractivity contribution in [3.05, 3.63) is 77.6 Å². The Hall–Kier alpha value is -2.72. The van der Waals surface area contributed by atoms with Gasteiger partial charge in [0.1, 0.15) is 5.75 Å². The van der Waals surface area contributed by atoms with Crippen molar-refractivity contribution in [2.75, 3.05) is 7.11 Å². The first-order valence-electron chi connectivity index (χ1n) is 8.41. The van der Waals surface area contributed by atoms with Crippen LogP contribution in [0.3, 0.4) is 0 Å². The minimum Gasteiger partial charge on any atom is -0.497 e. The van der Waals surface area contributed by atoms with E-state index in [9.17, 15) is 0 Å². The number of aromatic nitrogens is 2. The van der Waals surface area contributed by atoms with Crippen molar-refractivity contribution in [2.45, 2.75) is 26.4 Å². The lowest BCUT2D eigenvalue weighted by molar-refractivity contribution is 0.414. The van der Waals surface area contributed by atoms with E-state index in [2.05, 4.69) is 53.4 Å². The molecule has 0 saturated heterocycles. The van der Waals surface area contributed by atoms with Gasteiger partial charge >= 0.3 is 0 Å². The summed E-state index contributed by atoms with van der Waals surface area (Å²) in [7, 11) is 1.68. The third-order valence-corrected chi connectivity index (χ3v) is 4.21. The van der Waals surface area contributed by atoms with Crippen molar-refractivity contribution in [2.24, 2.45) is 0 Å². The van der Waals surface area contributed by atoms with Crippen LogP contribution in [0.15, 0.2) is 60.9 Å². The Balaban J connectivity index is 1.61. The molecule has 0 bridgehead atoms. The molecule has 0 fully saturated rings. The van der Waals surface area contributed by atoms with Gasteiger partial charge in [-0.1, -0.05) is 35.9 Å². The molecule has 4 heteroatoms. The fourth-order valence-corrected chi connectivity index (χ4v) is 2.66. The minimum atomic E-state index is 0.238. The first kappa shape index (κ1) is 17.1. The maximum Gasteiger partial charge on any atom is 0.159 e. The molecule has 0 aliphatic rings. The zero-order valence-corrected chi connectivity index (χ0v) is 14.9. The highest BCUT2D eigenvalue weighted by molar-refractivity contribution is 5.55. The SMILES string of the molecule is COc1ccc([C@@H](C)NCc2cnc(-c3cccc(C)c3)nc2)cc1. The van der Waals surface area contributed by atoms with Gasteiger partial charge in [-0.2, -0.15) is 0 Å². The molecular formula is C21H23N3O. The smallest absolute Gasteiger partial charge is 0.159 e. The number of benzene rings is 2. The van der Waals surface area contributed by atoms with Crippen molar-refractivity contribution in [3.8, 4) is 17.1 Å². The maximum atomic E-state index is 5.20. The number of nitrogens with one attached hydrogen (secondary N) is 1. The van der Waals surface area contributed by atoms with E-state index in [0.29, 0.717) is 0 Å². The molecule has 1 aromatic heterocycles. The third kappa shape index (κ3) is 4.43. The molecule has 0 aliphatic carbocycles. The van der Waals surface area contributed by atoms with Gasteiger partial charge in [-0.3, -0.25) is 0 Å². The molecule has 0 spiro atoms. The summed E-state index contributed by atoms with van der Waals surface area (Å²) in [6, 6.07) is 16.6. The zero-order chi connectivity index (χ0) is 17.6. The highest BCUT2D eigenvalue weighted by Gasteiger charge is 2.06. The number of hydrogen-bond donors (Lipinski definition) is 1. The summed E-state index contributed by atoms with van der Waals surface area (Å²) in [4.78, 5) is 8.99. The molecule has 0 radical (unpaired) electrons. The summed E-state index contributed by atoms with van der Waals surface area (Å²) in [5.41, 5.74) is 4.54. The molecule has 0 unspecified atom stereocenters. The van der Waals surface area contributed by atoms with Gasteiger partial charge in [0, 0.05) is 36.1 Å². The molecule has 0 aliphatic heterocycles. The Bertz CT molecular complexity index is 813. The van der Waals surface area contributed by atoms with Crippen LogP contribution >= 0.6 is 0 Å². The molecule has 1 atom stereocenters. The normalized spacial score (nSPS) is 12.0. The van der Waals surface area contributed by atoms with E-state index in [1.807, 2.05) is 36.7 Å². The van der Waals surface area contributed by atoms with Gasteiger partial charge in [-0.05, 0) is 37.6 Å². The average Bonchev–Trinajstić information content (AvgIpc) is 2.66. The van der Waals surface area contributed by atoms with Crippen LogP contribution in [0.2, 0.25) is 0 Å². The van der Waals surface area contributed by atoms with E-state index in [1.54, 1.807) is 7.11 Å². The third-order valence-electron chi connectivity index (χ3n) is 4.21. The molecule has 25 heavy (non-hydrogen) atoms. The topological polar surface area (TPSA) is 47.0 Å². The van der Waals surface area contributed by atoms with Crippen LogP contribution < -0.4 is 10.1 Å². The molecule has 3 aromatic rings. The Labute approximate surface area is 148 Å². The highest BCUT2D eigenvalue weighted by Crippen LogP contribution is 2.18. The summed E-state index contributed by atoms with van der Waals surface area (Å²) in [5.74, 6) is 1.63. The molecule has 3 rings (SSSR count). The van der Waals surface area contributed by atoms with Gasteiger partial charge in [0.15, 0.2) is 5.82 Å². The fraction of sp³-hybridized carbons (Fsp3) is 0.238. The van der Waals surface area contributed by atoms with Crippen molar-refractivity contribution in [1.29, 1.82) is 0 Å². The summed E-state index contributed by atoms with van der Waals surface area (Å²) in [6.45, 7) is 4.94. The largest absolute Gasteiger partial charge is 0.497 e. The predicted octanol–water partition coefficient (Wildman–Crippen LogP) is 4.31. The monoisotopic (exact) mass is 333 g/mol. The van der Waals surface area contributed by atoms with E-state index >= 15 is 0 Å². The number of ether oxygens (including phenoxy) is 1. The lowest BCUT2D eigenvalue weighted by Gasteiger charge is -2.14. The fourth-order valence-electron chi connectivity index (χ4n) is 2.66. The lowest BCUT2D eigenvalue weighted by atomic mass is 10.1. The second-order valence-corrected chi connectivity index (χ2v) is 6.16. The molecule has 4 nitrogen and oxygen atoms in total. The summed E-state index contributed by atoms with van der Waals surface area (Å²) in [5, 5.41) is 3.50. The van der Waals surface area contributed by atoms with Gasteiger partial charge < -0.3 is 10.1 Å². The lowest BCUT2D eigenvalue weighted by Crippen LogP contribution is -2.18. The van der Waals surface area contributed by atoms with E-state index < -0.39 is 0 Å². The summed E-state index contributed by atoms with van der Waals surface area (Å²) < 4.78 is 5.20. The second-order valence-electron chi connectivity index (χ2n) is 6.16. The predicted molar refractivity (Wildman–Crippen MR) is 100 cm³/mol. The maximum absolute atomic E-state index is 5.20. The zero-order valence-electron chi connectivity index (χ0n) is 14.9. The van der Waals surface area contributed by atoms with Crippen molar-refractivity contribution in [1.82, 2.24) is 15.3 Å². The molecule has 0 amide bonds. The number of hydrogen-bond acceptors (Lipinski definition) is 4. The van der Waals surface area contributed by atoms with Crippen LogP contribution in [0.25, 0.3) is 11.4 Å². The van der Waals surface area contributed by atoms with Crippen LogP contribution in [0.4, 0.5) is 0 Å². The van der Waals surface area contributed by atoms with E-state index in [1.165, 1.54) is 11.1 Å². The highest BCUT2D eigenvalue weighted by atomic mass is 16.5. The van der Waals surface area contributed by atoms with E-state index in [0.717, 1.165) is 29.2 Å². The van der Waals surface area contributed by atoms with Crippen molar-refractivity contribution in [3.63, 3.8) is 0 Å². The number of rotatable bonds is 6. The summed E-state index contributed by atoms with van der Waals surface area (Å²) in [6.07, 6.45) is 3.77. The van der Waals surface area contributed by atoms with Crippen molar-refractivity contribution < 1.29 is 4.74 Å². The van der Waals surface area contributed by atoms with Gasteiger partial charge in [0.05, 0.1) is 7.11 Å². The Morgan fingerprint density at radius 3 is 2.40 bits per heavy atom. The van der Waals surface area contributed by atoms with Gasteiger partial charge in [0.25, 0.3) is 0 Å². The van der Waals surface area contributed by atoms with Gasteiger partial charge in [-0.25, -0.2) is 9.97 Å². The van der Waals surface area contributed by atoms with E-state index in [-0.39, 0.29) is 6.04 Å². The number of aryl methyl sites for hydroxylation is 1. The molecule has 1 heterocycles. The second kappa shape index (κ2) is 7.90.